The molecule has 1 aromatic carbocycles. The van der Waals surface area contributed by atoms with Crippen LogP contribution in [0.5, 0.6) is 0 Å². The zero-order valence-corrected chi connectivity index (χ0v) is 9.94. The molecular formula is C12H13F2NO3. The molecule has 0 unspecified atom stereocenters. The molecule has 0 radical (unpaired) electrons. The van der Waals surface area contributed by atoms with Gasteiger partial charge in [-0.25, -0.2) is 4.79 Å². The van der Waals surface area contributed by atoms with Gasteiger partial charge in [0, 0.05) is 5.69 Å². The largest absolute Gasteiger partial charge is 0.459 e. The molecule has 1 rings (SSSR count). The number of hydrogen-bond acceptors (Lipinski definition) is 3. The van der Waals surface area contributed by atoms with E-state index in [0.29, 0.717) is 5.56 Å². The van der Waals surface area contributed by atoms with Gasteiger partial charge in [-0.2, -0.15) is 8.78 Å². The van der Waals surface area contributed by atoms with Gasteiger partial charge in [-0.1, -0.05) is 0 Å². The topological polar surface area (TPSA) is 55.4 Å². The number of benzene rings is 1. The zero-order valence-electron chi connectivity index (χ0n) is 9.94. The van der Waals surface area contributed by atoms with E-state index in [1.54, 1.807) is 13.8 Å². The molecule has 0 saturated heterocycles. The van der Waals surface area contributed by atoms with Crippen molar-refractivity contribution in [2.45, 2.75) is 26.4 Å². The quantitative estimate of drug-likeness (QED) is 0.843. The van der Waals surface area contributed by atoms with Crippen molar-refractivity contribution in [2.75, 3.05) is 5.32 Å². The standard InChI is InChI=1S/C12H13F2NO3/c1-7(2)18-12(17)8-3-5-9(6-4-8)15-11(16)10(13)14/h3-7,10H,1-2H3,(H,15,16). The van der Waals surface area contributed by atoms with Crippen LogP contribution in [-0.2, 0) is 9.53 Å². The molecule has 6 heteroatoms. The fraction of sp³-hybridized carbons (Fsp3) is 0.333. The molecule has 0 fully saturated rings. The van der Waals surface area contributed by atoms with Gasteiger partial charge in [0.05, 0.1) is 11.7 Å². The summed E-state index contributed by atoms with van der Waals surface area (Å²) < 4.78 is 28.9. The summed E-state index contributed by atoms with van der Waals surface area (Å²) in [6.45, 7) is 3.43. The molecule has 1 amide bonds. The van der Waals surface area contributed by atoms with Crippen molar-refractivity contribution in [1.82, 2.24) is 0 Å². The van der Waals surface area contributed by atoms with Crippen molar-refractivity contribution in [2.24, 2.45) is 0 Å². The summed E-state index contributed by atoms with van der Waals surface area (Å²) in [6.07, 6.45) is -3.31. The number of esters is 1. The van der Waals surface area contributed by atoms with Crippen molar-refractivity contribution >= 4 is 17.6 Å². The van der Waals surface area contributed by atoms with E-state index in [1.807, 2.05) is 5.32 Å². The second kappa shape index (κ2) is 6.09. The number of hydrogen-bond donors (Lipinski definition) is 1. The highest BCUT2D eigenvalue weighted by Gasteiger charge is 2.15. The van der Waals surface area contributed by atoms with E-state index >= 15 is 0 Å². The highest BCUT2D eigenvalue weighted by atomic mass is 19.3. The number of ether oxygens (including phenoxy) is 1. The van der Waals surface area contributed by atoms with Crippen LogP contribution in [0.2, 0.25) is 0 Å². The van der Waals surface area contributed by atoms with Gasteiger partial charge in [-0.3, -0.25) is 4.79 Å². The number of amides is 1. The van der Waals surface area contributed by atoms with Crippen molar-refractivity contribution in [3.05, 3.63) is 29.8 Å². The Kier molecular flexibility index (Phi) is 4.76. The number of rotatable bonds is 4. The molecule has 1 aromatic rings. The minimum Gasteiger partial charge on any atom is -0.459 e. The summed E-state index contributed by atoms with van der Waals surface area (Å²) in [7, 11) is 0. The number of anilines is 1. The van der Waals surface area contributed by atoms with Gasteiger partial charge in [0.15, 0.2) is 0 Å². The molecule has 0 atom stereocenters. The SMILES string of the molecule is CC(C)OC(=O)c1ccc(NC(=O)C(F)F)cc1. The monoisotopic (exact) mass is 257 g/mol. The van der Waals surface area contributed by atoms with E-state index in [9.17, 15) is 18.4 Å². The van der Waals surface area contributed by atoms with Gasteiger partial charge in [0.2, 0.25) is 0 Å². The predicted molar refractivity (Wildman–Crippen MR) is 61.6 cm³/mol. The first kappa shape index (κ1) is 14.1. The molecule has 18 heavy (non-hydrogen) atoms. The summed E-state index contributed by atoms with van der Waals surface area (Å²) >= 11 is 0. The summed E-state index contributed by atoms with van der Waals surface area (Å²) in [5.74, 6) is -1.88. The second-order valence-corrected chi connectivity index (χ2v) is 3.82. The minimum absolute atomic E-state index is 0.196. The highest BCUT2D eigenvalue weighted by molar-refractivity contribution is 5.94. The fourth-order valence-corrected chi connectivity index (χ4v) is 1.17. The average Bonchev–Trinajstić information content (AvgIpc) is 2.28. The molecular weight excluding hydrogens is 244 g/mol. The smallest absolute Gasteiger partial charge is 0.338 e. The van der Waals surface area contributed by atoms with Gasteiger partial charge in [0.25, 0.3) is 5.91 Å². The van der Waals surface area contributed by atoms with Crippen LogP contribution in [0.1, 0.15) is 24.2 Å². The van der Waals surface area contributed by atoms with Gasteiger partial charge in [-0.15, -0.1) is 0 Å². The Hall–Kier alpha value is -1.98. The first-order valence-electron chi connectivity index (χ1n) is 5.30. The number of carbonyl (C=O) groups is 2. The van der Waals surface area contributed by atoms with Crippen LogP contribution in [0.25, 0.3) is 0 Å². The lowest BCUT2D eigenvalue weighted by molar-refractivity contribution is -0.126. The van der Waals surface area contributed by atoms with Crippen LogP contribution in [-0.4, -0.2) is 24.4 Å². The average molecular weight is 257 g/mol. The van der Waals surface area contributed by atoms with Crippen molar-refractivity contribution < 1.29 is 23.1 Å². The van der Waals surface area contributed by atoms with Crippen molar-refractivity contribution in [1.29, 1.82) is 0 Å². The van der Waals surface area contributed by atoms with E-state index in [1.165, 1.54) is 24.3 Å². The van der Waals surface area contributed by atoms with Crippen LogP contribution in [0, 0.1) is 0 Å². The normalized spacial score (nSPS) is 10.6. The van der Waals surface area contributed by atoms with Gasteiger partial charge in [-0.05, 0) is 38.1 Å². The Labute approximate surface area is 103 Å². The zero-order chi connectivity index (χ0) is 13.7. The van der Waals surface area contributed by atoms with Gasteiger partial charge < -0.3 is 10.1 Å². The molecule has 1 N–H and O–H groups in total. The maximum atomic E-state index is 12.0. The first-order valence-corrected chi connectivity index (χ1v) is 5.30. The number of nitrogens with one attached hydrogen (secondary N) is 1. The Morgan fingerprint density at radius 3 is 2.17 bits per heavy atom. The minimum atomic E-state index is -3.07. The van der Waals surface area contributed by atoms with Crippen LogP contribution in [0.4, 0.5) is 14.5 Å². The molecule has 98 valence electrons. The molecule has 4 nitrogen and oxygen atoms in total. The van der Waals surface area contributed by atoms with Crippen LogP contribution in [0.3, 0.4) is 0 Å². The van der Waals surface area contributed by atoms with Gasteiger partial charge in [0.1, 0.15) is 0 Å². The number of carbonyl (C=O) groups excluding carboxylic acids is 2. The third kappa shape index (κ3) is 4.12. The number of alkyl halides is 2. The van der Waals surface area contributed by atoms with E-state index in [2.05, 4.69) is 0 Å². The highest BCUT2D eigenvalue weighted by Crippen LogP contribution is 2.12. The van der Waals surface area contributed by atoms with Crippen LogP contribution >= 0.6 is 0 Å². The molecule has 0 saturated carbocycles. The molecule has 0 bridgehead atoms. The van der Waals surface area contributed by atoms with E-state index in [-0.39, 0.29) is 11.8 Å². The molecule has 0 aliphatic heterocycles. The Morgan fingerprint density at radius 1 is 1.17 bits per heavy atom. The summed E-state index contributed by atoms with van der Waals surface area (Å²) in [4.78, 5) is 22.2. The summed E-state index contributed by atoms with van der Waals surface area (Å²) in [5.41, 5.74) is 0.486. The summed E-state index contributed by atoms with van der Waals surface area (Å²) in [5, 5.41) is 2.01. The number of halogens is 2. The van der Waals surface area contributed by atoms with E-state index < -0.39 is 18.3 Å². The summed E-state index contributed by atoms with van der Waals surface area (Å²) in [6, 6.07) is 5.51. The molecule has 0 aliphatic carbocycles. The van der Waals surface area contributed by atoms with Gasteiger partial charge >= 0.3 is 12.4 Å². The third-order valence-corrected chi connectivity index (χ3v) is 1.93. The molecule has 0 aliphatic rings. The van der Waals surface area contributed by atoms with Crippen molar-refractivity contribution in [3.8, 4) is 0 Å². The lowest BCUT2D eigenvalue weighted by atomic mass is 10.2. The van der Waals surface area contributed by atoms with E-state index in [0.717, 1.165) is 0 Å². The van der Waals surface area contributed by atoms with Crippen molar-refractivity contribution in [3.63, 3.8) is 0 Å². The second-order valence-electron chi connectivity index (χ2n) is 3.82. The maximum absolute atomic E-state index is 12.0. The molecule has 0 spiro atoms. The Morgan fingerprint density at radius 2 is 1.72 bits per heavy atom. The van der Waals surface area contributed by atoms with Crippen LogP contribution < -0.4 is 5.32 Å². The lowest BCUT2D eigenvalue weighted by Crippen LogP contribution is -2.20. The fourth-order valence-electron chi connectivity index (χ4n) is 1.17. The Balaban J connectivity index is 2.68. The molecule has 0 aromatic heterocycles. The predicted octanol–water partition coefficient (Wildman–Crippen LogP) is 2.46. The van der Waals surface area contributed by atoms with E-state index in [4.69, 9.17) is 4.74 Å². The maximum Gasteiger partial charge on any atom is 0.338 e. The Bertz CT molecular complexity index is 429. The molecule has 0 heterocycles. The third-order valence-electron chi connectivity index (χ3n) is 1.93. The first-order chi connectivity index (χ1) is 8.40. The van der Waals surface area contributed by atoms with Crippen LogP contribution in [0.15, 0.2) is 24.3 Å². The lowest BCUT2D eigenvalue weighted by Gasteiger charge is -2.08.